The van der Waals surface area contributed by atoms with Crippen molar-refractivity contribution in [2.75, 3.05) is 4.90 Å². The van der Waals surface area contributed by atoms with E-state index in [0.29, 0.717) is 11.2 Å². The van der Waals surface area contributed by atoms with Gasteiger partial charge in [0.1, 0.15) is 5.75 Å². The van der Waals surface area contributed by atoms with Crippen molar-refractivity contribution in [2.45, 2.75) is 43.9 Å². The molecule has 0 bridgehead atoms. The Labute approximate surface area is 190 Å². The Morgan fingerprint density at radius 2 is 1.87 bits per heavy atom. The maximum Gasteiger partial charge on any atom is 0.174 e. The largest absolute Gasteiger partial charge is 0.490 e. The maximum absolute atomic E-state index is 6.28. The number of thiophene rings is 1. The van der Waals surface area contributed by atoms with E-state index in [-0.39, 0.29) is 12.1 Å². The van der Waals surface area contributed by atoms with Crippen molar-refractivity contribution in [3.8, 4) is 5.75 Å². The summed E-state index contributed by atoms with van der Waals surface area (Å²) < 4.78 is 6.90. The fourth-order valence-corrected chi connectivity index (χ4v) is 5.83. The summed E-state index contributed by atoms with van der Waals surface area (Å²) >= 11 is 13.6. The van der Waals surface area contributed by atoms with Gasteiger partial charge in [-0.2, -0.15) is 0 Å². The molecule has 1 aromatic carbocycles. The molecule has 0 unspecified atom stereocenters. The first kappa shape index (κ1) is 19.8. The van der Waals surface area contributed by atoms with Crippen molar-refractivity contribution in [3.63, 3.8) is 0 Å². The first-order valence-electron chi connectivity index (χ1n) is 10.2. The normalized spacial score (nSPS) is 21.8. The molecule has 7 heteroatoms. The highest BCUT2D eigenvalue weighted by molar-refractivity contribution is 7.80. The van der Waals surface area contributed by atoms with Gasteiger partial charge in [0, 0.05) is 16.8 Å². The molecule has 4 nitrogen and oxygen atoms in total. The van der Waals surface area contributed by atoms with E-state index < -0.39 is 0 Å². The number of thiocarbonyl (C=S) groups is 1. The zero-order valence-corrected chi connectivity index (χ0v) is 18.7. The van der Waals surface area contributed by atoms with E-state index in [1.165, 1.54) is 12.8 Å². The van der Waals surface area contributed by atoms with Gasteiger partial charge in [-0.3, -0.25) is 4.98 Å². The summed E-state index contributed by atoms with van der Waals surface area (Å²) in [5.41, 5.74) is 1.98. The van der Waals surface area contributed by atoms with E-state index in [4.69, 9.17) is 28.6 Å². The van der Waals surface area contributed by atoms with E-state index in [2.05, 4.69) is 33.4 Å². The van der Waals surface area contributed by atoms with Crippen LogP contribution in [0.2, 0.25) is 4.34 Å². The number of aromatic nitrogens is 1. The molecular formula is C23H22ClN3OS2. The number of anilines is 1. The van der Waals surface area contributed by atoms with Gasteiger partial charge in [0.25, 0.3) is 0 Å². The Kier molecular flexibility index (Phi) is 5.63. The number of nitrogens with one attached hydrogen (secondary N) is 1. The lowest BCUT2D eigenvalue weighted by Gasteiger charge is -2.27. The third kappa shape index (κ3) is 3.92. The van der Waals surface area contributed by atoms with Crippen LogP contribution in [0.25, 0.3) is 0 Å². The topological polar surface area (TPSA) is 37.4 Å². The number of halogens is 1. The standard InChI is InChI=1S/C23H22ClN3OS2/c24-20-13-12-19(30-20)22-21(18-7-3-4-14-25-18)26-23(29)27(22)15-8-10-17(11-9-15)28-16-5-1-2-6-16/h3-4,7-14,16,21-22H,1-2,5-6H2,(H,26,29)/t21-,22-/m0/s1. The molecule has 1 saturated heterocycles. The van der Waals surface area contributed by atoms with Gasteiger partial charge in [-0.1, -0.05) is 17.7 Å². The van der Waals surface area contributed by atoms with Gasteiger partial charge in [0.2, 0.25) is 0 Å². The SMILES string of the molecule is S=C1N[C@@H](c2ccccn2)[C@H](c2ccc(Cl)s2)N1c1ccc(OC2CCCC2)cc1. The summed E-state index contributed by atoms with van der Waals surface area (Å²) in [6.07, 6.45) is 6.98. The highest BCUT2D eigenvalue weighted by atomic mass is 35.5. The average molecular weight is 456 g/mol. The summed E-state index contributed by atoms with van der Waals surface area (Å²) in [6, 6.07) is 18.2. The molecule has 30 heavy (non-hydrogen) atoms. The molecule has 3 heterocycles. The molecule has 2 aliphatic rings. The van der Waals surface area contributed by atoms with Crippen molar-refractivity contribution >= 4 is 46.0 Å². The predicted molar refractivity (Wildman–Crippen MR) is 127 cm³/mol. The second-order valence-electron chi connectivity index (χ2n) is 7.66. The predicted octanol–water partition coefficient (Wildman–Crippen LogP) is 6.30. The maximum atomic E-state index is 6.28. The number of hydrogen-bond acceptors (Lipinski definition) is 4. The lowest BCUT2D eigenvalue weighted by atomic mass is 10.0. The molecule has 5 rings (SSSR count). The molecule has 2 atom stereocenters. The molecular weight excluding hydrogens is 434 g/mol. The van der Waals surface area contributed by atoms with Gasteiger partial charge < -0.3 is 15.0 Å². The van der Waals surface area contributed by atoms with Gasteiger partial charge >= 0.3 is 0 Å². The molecule has 1 N–H and O–H groups in total. The first-order valence-corrected chi connectivity index (χ1v) is 11.8. The van der Waals surface area contributed by atoms with Crippen molar-refractivity contribution in [1.29, 1.82) is 0 Å². The van der Waals surface area contributed by atoms with Crippen LogP contribution >= 0.6 is 35.2 Å². The molecule has 1 aliphatic carbocycles. The minimum atomic E-state index is -0.0529. The molecule has 1 saturated carbocycles. The summed E-state index contributed by atoms with van der Waals surface area (Å²) in [5, 5.41) is 4.16. The van der Waals surface area contributed by atoms with Crippen LogP contribution in [0.15, 0.2) is 60.8 Å². The number of nitrogens with zero attached hydrogens (tertiary/aromatic N) is 2. The number of pyridine rings is 1. The molecule has 154 valence electrons. The number of hydrogen-bond donors (Lipinski definition) is 1. The van der Waals surface area contributed by atoms with Gasteiger partial charge in [-0.25, -0.2) is 0 Å². The lowest BCUT2D eigenvalue weighted by Crippen LogP contribution is -2.29. The summed E-state index contributed by atoms with van der Waals surface area (Å²) in [7, 11) is 0. The second kappa shape index (κ2) is 8.53. The number of rotatable bonds is 5. The molecule has 2 fully saturated rings. The van der Waals surface area contributed by atoms with Crippen molar-refractivity contribution < 1.29 is 4.74 Å². The van der Waals surface area contributed by atoms with Crippen LogP contribution in [0.1, 0.15) is 48.3 Å². The third-order valence-electron chi connectivity index (χ3n) is 5.70. The third-order valence-corrected chi connectivity index (χ3v) is 7.32. The highest BCUT2D eigenvalue weighted by Crippen LogP contribution is 2.44. The highest BCUT2D eigenvalue weighted by Gasteiger charge is 2.41. The van der Waals surface area contributed by atoms with E-state index >= 15 is 0 Å². The molecule has 1 aliphatic heterocycles. The van der Waals surface area contributed by atoms with E-state index in [0.717, 1.165) is 39.2 Å². The van der Waals surface area contributed by atoms with Gasteiger partial charge in [-0.05, 0) is 86.4 Å². The van der Waals surface area contributed by atoms with Crippen LogP contribution in [-0.2, 0) is 0 Å². The van der Waals surface area contributed by atoms with Crippen LogP contribution in [0, 0.1) is 0 Å². The Balaban J connectivity index is 1.46. The molecule has 2 aromatic heterocycles. The zero-order chi connectivity index (χ0) is 20.5. The van der Waals surface area contributed by atoms with Gasteiger partial charge in [-0.15, -0.1) is 11.3 Å². The second-order valence-corrected chi connectivity index (χ2v) is 9.79. The average Bonchev–Trinajstić information content (AvgIpc) is 3.50. The number of ether oxygens (including phenoxy) is 1. The van der Waals surface area contributed by atoms with Gasteiger partial charge in [0.15, 0.2) is 5.11 Å². The molecule has 0 amide bonds. The van der Waals surface area contributed by atoms with Crippen molar-refractivity contribution in [3.05, 3.63) is 75.7 Å². The van der Waals surface area contributed by atoms with Crippen LogP contribution < -0.4 is 15.0 Å². The van der Waals surface area contributed by atoms with E-state index in [9.17, 15) is 0 Å². The van der Waals surface area contributed by atoms with Crippen LogP contribution in [0.3, 0.4) is 0 Å². The molecule has 0 spiro atoms. The van der Waals surface area contributed by atoms with E-state index in [1.807, 2.05) is 42.6 Å². The Morgan fingerprint density at radius 1 is 1.07 bits per heavy atom. The summed E-state index contributed by atoms with van der Waals surface area (Å²) in [6.45, 7) is 0. The molecule has 0 radical (unpaired) electrons. The van der Waals surface area contributed by atoms with Gasteiger partial charge in [0.05, 0.1) is 28.2 Å². The van der Waals surface area contributed by atoms with E-state index in [1.54, 1.807) is 11.3 Å². The Hall–Kier alpha value is -2.15. The Bertz CT molecular complexity index is 1020. The Morgan fingerprint density at radius 3 is 2.53 bits per heavy atom. The van der Waals surface area contributed by atoms with Crippen LogP contribution in [0.5, 0.6) is 5.75 Å². The summed E-state index contributed by atoms with van der Waals surface area (Å²) in [5.74, 6) is 0.917. The fourth-order valence-electron chi connectivity index (χ4n) is 4.29. The van der Waals surface area contributed by atoms with Crippen LogP contribution in [-0.4, -0.2) is 16.2 Å². The zero-order valence-electron chi connectivity index (χ0n) is 16.3. The fraction of sp³-hybridized carbons (Fsp3) is 0.304. The van der Waals surface area contributed by atoms with Crippen LogP contribution in [0.4, 0.5) is 5.69 Å². The molecule has 3 aromatic rings. The minimum Gasteiger partial charge on any atom is -0.490 e. The van der Waals surface area contributed by atoms with Crippen molar-refractivity contribution in [1.82, 2.24) is 10.3 Å². The monoisotopic (exact) mass is 455 g/mol. The first-order chi connectivity index (χ1) is 14.7. The minimum absolute atomic E-state index is 0.0218. The lowest BCUT2D eigenvalue weighted by molar-refractivity contribution is 0.210. The quantitative estimate of drug-likeness (QED) is 0.457. The summed E-state index contributed by atoms with van der Waals surface area (Å²) in [4.78, 5) is 7.89. The smallest absolute Gasteiger partial charge is 0.174 e. The van der Waals surface area contributed by atoms with Crippen molar-refractivity contribution in [2.24, 2.45) is 0 Å². The number of benzene rings is 1.